The Hall–Kier alpha value is -2.58. The van der Waals surface area contributed by atoms with Crippen molar-refractivity contribution in [1.29, 1.82) is 5.26 Å². The van der Waals surface area contributed by atoms with E-state index in [1.807, 2.05) is 12.1 Å². The Morgan fingerprint density at radius 3 is 2.96 bits per heavy atom. The lowest BCUT2D eigenvalue weighted by Gasteiger charge is -2.22. The Balaban J connectivity index is 1.87. The summed E-state index contributed by atoms with van der Waals surface area (Å²) in [7, 11) is 0. The summed E-state index contributed by atoms with van der Waals surface area (Å²) in [5.74, 6) is 1.75. The summed E-state index contributed by atoms with van der Waals surface area (Å²) in [6.07, 6.45) is 4.42. The van der Waals surface area contributed by atoms with E-state index in [2.05, 4.69) is 24.9 Å². The first-order valence-corrected chi connectivity index (χ1v) is 8.11. The van der Waals surface area contributed by atoms with Crippen molar-refractivity contribution >= 4 is 0 Å². The van der Waals surface area contributed by atoms with Gasteiger partial charge in [0.05, 0.1) is 5.56 Å². The number of nitrogens with two attached hydrogens (primary N) is 1. The maximum atomic E-state index is 9.46. The van der Waals surface area contributed by atoms with Crippen LogP contribution in [0.2, 0.25) is 0 Å². The first-order valence-electron chi connectivity index (χ1n) is 8.11. The first kappa shape index (κ1) is 16.3. The number of hydrogen-bond acceptors (Lipinski definition) is 5. The molecule has 1 aliphatic rings. The molecular formula is C19H21N3O2. The molecule has 1 atom stereocenters. The van der Waals surface area contributed by atoms with Crippen molar-refractivity contribution in [2.45, 2.75) is 32.9 Å². The van der Waals surface area contributed by atoms with E-state index in [9.17, 15) is 5.26 Å². The van der Waals surface area contributed by atoms with Gasteiger partial charge in [-0.15, -0.1) is 0 Å². The van der Waals surface area contributed by atoms with Crippen LogP contribution >= 0.6 is 0 Å². The van der Waals surface area contributed by atoms with Crippen molar-refractivity contribution in [2.24, 2.45) is 11.7 Å². The van der Waals surface area contributed by atoms with Crippen LogP contribution in [0.4, 0.5) is 0 Å². The molecule has 2 heterocycles. The van der Waals surface area contributed by atoms with Crippen LogP contribution in [0.3, 0.4) is 0 Å². The number of benzene rings is 1. The van der Waals surface area contributed by atoms with Crippen LogP contribution in [-0.4, -0.2) is 17.6 Å². The van der Waals surface area contributed by atoms with E-state index in [0.29, 0.717) is 30.4 Å². The number of rotatable bonds is 5. The standard InChI is InChI=1S/C19H21N3O2/c1-12(2)5-15(21)11-24-18-7-19-17(6-13(18)8-20)16-3-4-22-9-14(16)10-23-19/h3-4,6-7,9,12,15H,5,10-11,21H2,1-2H3. The van der Waals surface area contributed by atoms with E-state index < -0.39 is 0 Å². The van der Waals surface area contributed by atoms with Crippen LogP contribution in [-0.2, 0) is 6.61 Å². The first-order chi connectivity index (χ1) is 11.6. The number of nitriles is 1. The number of fused-ring (bicyclic) bond motifs is 3. The molecule has 2 aromatic rings. The van der Waals surface area contributed by atoms with Gasteiger partial charge in [0.25, 0.3) is 0 Å². The van der Waals surface area contributed by atoms with Gasteiger partial charge in [-0.3, -0.25) is 4.98 Å². The molecule has 3 rings (SSSR count). The number of aromatic nitrogens is 1. The van der Waals surface area contributed by atoms with Gasteiger partial charge in [0, 0.05) is 35.6 Å². The van der Waals surface area contributed by atoms with Crippen molar-refractivity contribution in [3.05, 3.63) is 41.7 Å². The highest BCUT2D eigenvalue weighted by Crippen LogP contribution is 2.40. The second-order valence-electron chi connectivity index (χ2n) is 6.48. The van der Waals surface area contributed by atoms with Crippen LogP contribution in [0.1, 0.15) is 31.4 Å². The smallest absolute Gasteiger partial charge is 0.140 e. The summed E-state index contributed by atoms with van der Waals surface area (Å²) in [6.45, 7) is 5.10. The highest BCUT2D eigenvalue weighted by atomic mass is 16.5. The van der Waals surface area contributed by atoms with Gasteiger partial charge >= 0.3 is 0 Å². The van der Waals surface area contributed by atoms with E-state index in [1.54, 1.807) is 18.5 Å². The Morgan fingerprint density at radius 1 is 1.38 bits per heavy atom. The average molecular weight is 323 g/mol. The third kappa shape index (κ3) is 3.34. The largest absolute Gasteiger partial charge is 0.490 e. The third-order valence-electron chi connectivity index (χ3n) is 4.01. The Bertz CT molecular complexity index is 781. The Morgan fingerprint density at radius 2 is 2.21 bits per heavy atom. The van der Waals surface area contributed by atoms with Crippen LogP contribution in [0, 0.1) is 17.2 Å². The molecule has 24 heavy (non-hydrogen) atoms. The van der Waals surface area contributed by atoms with Crippen LogP contribution in [0.25, 0.3) is 11.1 Å². The second kappa shape index (κ2) is 6.90. The van der Waals surface area contributed by atoms with Crippen molar-refractivity contribution in [3.63, 3.8) is 0 Å². The van der Waals surface area contributed by atoms with E-state index in [4.69, 9.17) is 15.2 Å². The molecule has 1 aromatic heterocycles. The van der Waals surface area contributed by atoms with E-state index in [0.717, 1.165) is 28.9 Å². The summed E-state index contributed by atoms with van der Waals surface area (Å²) in [4.78, 5) is 4.12. The van der Waals surface area contributed by atoms with Gasteiger partial charge in [0.1, 0.15) is 30.8 Å². The SMILES string of the molecule is CC(C)CC(N)COc1cc2c(cc1C#N)-c1ccncc1CO2. The normalized spacial score (nSPS) is 13.5. The van der Waals surface area contributed by atoms with Gasteiger partial charge in [-0.1, -0.05) is 13.8 Å². The highest BCUT2D eigenvalue weighted by molar-refractivity contribution is 5.77. The van der Waals surface area contributed by atoms with Gasteiger partial charge in [-0.2, -0.15) is 5.26 Å². The molecule has 2 N–H and O–H groups in total. The topological polar surface area (TPSA) is 81.2 Å². The fourth-order valence-corrected chi connectivity index (χ4v) is 2.93. The zero-order valence-electron chi connectivity index (χ0n) is 14.0. The minimum atomic E-state index is -0.0553. The van der Waals surface area contributed by atoms with Gasteiger partial charge in [0.15, 0.2) is 0 Å². The third-order valence-corrected chi connectivity index (χ3v) is 4.01. The molecule has 0 aliphatic carbocycles. The summed E-state index contributed by atoms with van der Waals surface area (Å²) in [5, 5.41) is 9.46. The summed E-state index contributed by atoms with van der Waals surface area (Å²) in [6, 6.07) is 7.70. The molecule has 1 unspecified atom stereocenters. The van der Waals surface area contributed by atoms with Crippen LogP contribution in [0.15, 0.2) is 30.6 Å². The van der Waals surface area contributed by atoms with Gasteiger partial charge in [-0.05, 0) is 30.0 Å². The number of ether oxygens (including phenoxy) is 2. The summed E-state index contributed by atoms with van der Waals surface area (Å²) in [5.41, 5.74) is 9.51. The molecule has 5 nitrogen and oxygen atoms in total. The minimum absolute atomic E-state index is 0.0553. The minimum Gasteiger partial charge on any atom is -0.490 e. The van der Waals surface area contributed by atoms with Gasteiger partial charge in [0.2, 0.25) is 0 Å². The fraction of sp³-hybridized carbons (Fsp3) is 0.368. The maximum absolute atomic E-state index is 9.46. The molecule has 0 bridgehead atoms. The zero-order chi connectivity index (χ0) is 17.1. The highest BCUT2D eigenvalue weighted by Gasteiger charge is 2.21. The maximum Gasteiger partial charge on any atom is 0.140 e. The number of nitrogens with zero attached hydrogens (tertiary/aromatic N) is 2. The van der Waals surface area contributed by atoms with Gasteiger partial charge < -0.3 is 15.2 Å². The van der Waals surface area contributed by atoms with Crippen LogP contribution < -0.4 is 15.2 Å². The molecule has 1 aliphatic heterocycles. The predicted molar refractivity (Wildman–Crippen MR) is 91.6 cm³/mol. The zero-order valence-corrected chi connectivity index (χ0v) is 14.0. The van der Waals surface area contributed by atoms with Crippen LogP contribution in [0.5, 0.6) is 11.5 Å². The second-order valence-corrected chi connectivity index (χ2v) is 6.48. The quantitative estimate of drug-likeness (QED) is 0.913. The summed E-state index contributed by atoms with van der Waals surface area (Å²) >= 11 is 0. The Kier molecular flexibility index (Phi) is 4.68. The Labute approximate surface area is 142 Å². The monoisotopic (exact) mass is 323 g/mol. The molecule has 124 valence electrons. The average Bonchev–Trinajstić information content (AvgIpc) is 2.58. The molecule has 0 amide bonds. The number of hydrogen-bond donors (Lipinski definition) is 1. The molecule has 1 aromatic carbocycles. The van der Waals surface area contributed by atoms with E-state index in [1.165, 1.54) is 0 Å². The van der Waals surface area contributed by atoms with Crippen molar-refractivity contribution in [1.82, 2.24) is 4.98 Å². The van der Waals surface area contributed by atoms with Crippen molar-refractivity contribution in [3.8, 4) is 28.7 Å². The molecular weight excluding hydrogens is 302 g/mol. The van der Waals surface area contributed by atoms with E-state index >= 15 is 0 Å². The lowest BCUT2D eigenvalue weighted by molar-refractivity contribution is 0.265. The van der Waals surface area contributed by atoms with Crippen molar-refractivity contribution < 1.29 is 9.47 Å². The molecule has 0 spiro atoms. The molecule has 0 fully saturated rings. The molecule has 5 heteroatoms. The van der Waals surface area contributed by atoms with Gasteiger partial charge in [-0.25, -0.2) is 0 Å². The lowest BCUT2D eigenvalue weighted by atomic mass is 9.97. The number of pyridine rings is 1. The summed E-state index contributed by atoms with van der Waals surface area (Å²) < 4.78 is 11.6. The van der Waals surface area contributed by atoms with E-state index in [-0.39, 0.29) is 6.04 Å². The van der Waals surface area contributed by atoms with Crippen molar-refractivity contribution in [2.75, 3.05) is 6.61 Å². The molecule has 0 saturated heterocycles. The fourth-order valence-electron chi connectivity index (χ4n) is 2.93. The predicted octanol–water partition coefficient (Wildman–Crippen LogP) is 3.26. The lowest BCUT2D eigenvalue weighted by Crippen LogP contribution is -2.29. The molecule has 0 saturated carbocycles. The molecule has 0 radical (unpaired) electrons.